The summed E-state index contributed by atoms with van der Waals surface area (Å²) in [5.74, 6) is -0.0215. The second-order valence-corrected chi connectivity index (χ2v) is 8.38. The van der Waals surface area contributed by atoms with Gasteiger partial charge >= 0.3 is 0 Å². The highest BCUT2D eigenvalue weighted by atomic mass is 32.2. The number of thiazole rings is 1. The van der Waals surface area contributed by atoms with E-state index in [1.54, 1.807) is 14.0 Å². The van der Waals surface area contributed by atoms with Crippen molar-refractivity contribution in [1.82, 2.24) is 4.98 Å². The maximum atomic E-state index is 12.9. The Bertz CT molecular complexity index is 1030. The van der Waals surface area contributed by atoms with Gasteiger partial charge in [-0.05, 0) is 37.3 Å². The second-order valence-electron chi connectivity index (χ2n) is 5.89. The van der Waals surface area contributed by atoms with E-state index in [2.05, 4.69) is 15.6 Å². The summed E-state index contributed by atoms with van der Waals surface area (Å²) in [5, 5.41) is 6.04. The lowest BCUT2D eigenvalue weighted by atomic mass is 10.1. The minimum Gasteiger partial charge on any atom is -0.497 e. The largest absolute Gasteiger partial charge is 0.497 e. The fourth-order valence-electron chi connectivity index (χ4n) is 2.62. The molecule has 132 valence electrons. The van der Waals surface area contributed by atoms with Crippen LogP contribution in [0, 0.1) is 0 Å². The van der Waals surface area contributed by atoms with E-state index in [-0.39, 0.29) is 5.91 Å². The highest BCUT2D eigenvalue weighted by molar-refractivity contribution is 8.02. The molecule has 0 saturated heterocycles. The molecule has 2 N–H and O–H groups in total. The molecule has 1 atom stereocenters. The third-order valence-corrected chi connectivity index (χ3v) is 6.42. The number of hydrogen-bond donors (Lipinski definition) is 2. The fraction of sp³-hybridized carbons (Fsp3) is 0.167. The van der Waals surface area contributed by atoms with E-state index in [4.69, 9.17) is 4.74 Å². The molecule has 1 aromatic heterocycles. The molecule has 6 nitrogen and oxygen atoms in total. The molecule has 0 spiro atoms. The summed E-state index contributed by atoms with van der Waals surface area (Å²) < 4.78 is 4.83. The van der Waals surface area contributed by atoms with Crippen LogP contribution >= 0.6 is 23.1 Å². The Morgan fingerprint density at radius 1 is 1.27 bits per heavy atom. The summed E-state index contributed by atoms with van der Waals surface area (Å²) in [4.78, 5) is 30.7. The second kappa shape index (κ2) is 6.30. The number of rotatable bonds is 3. The van der Waals surface area contributed by atoms with Gasteiger partial charge in [0.1, 0.15) is 5.75 Å². The Morgan fingerprint density at radius 3 is 2.88 bits per heavy atom. The van der Waals surface area contributed by atoms with Gasteiger partial charge < -0.3 is 15.4 Å². The molecular formula is C18H15N3O3S2. The first-order valence-corrected chi connectivity index (χ1v) is 9.48. The SMILES string of the molecule is COc1ccc2nc(NC(=O)C3(C)Sc4ccccc4NC3=O)sc2c1. The minimum atomic E-state index is -1.27. The Balaban J connectivity index is 1.60. The monoisotopic (exact) mass is 385 g/mol. The van der Waals surface area contributed by atoms with E-state index in [9.17, 15) is 9.59 Å². The number of fused-ring (bicyclic) bond motifs is 2. The van der Waals surface area contributed by atoms with Crippen LogP contribution in [0.5, 0.6) is 5.75 Å². The number of aromatic nitrogens is 1. The Labute approximate surface area is 158 Å². The molecule has 8 heteroatoms. The van der Waals surface area contributed by atoms with Crippen LogP contribution in [0.2, 0.25) is 0 Å². The van der Waals surface area contributed by atoms with Crippen molar-refractivity contribution in [1.29, 1.82) is 0 Å². The number of carbonyl (C=O) groups excluding carboxylic acids is 2. The van der Waals surface area contributed by atoms with Crippen LogP contribution in [0.1, 0.15) is 6.92 Å². The van der Waals surface area contributed by atoms with Crippen LogP contribution in [-0.4, -0.2) is 28.7 Å². The van der Waals surface area contributed by atoms with Crippen molar-refractivity contribution in [2.45, 2.75) is 16.6 Å². The Hall–Kier alpha value is -2.58. The first-order valence-electron chi connectivity index (χ1n) is 7.85. The molecule has 0 radical (unpaired) electrons. The number of carbonyl (C=O) groups is 2. The standard InChI is InChI=1S/C18H15N3O3S2/c1-18(15(22)19-11-5-3-4-6-13(11)26-18)16(23)21-17-20-12-8-7-10(24-2)9-14(12)25-17/h3-9H,1-2H3,(H,19,22)(H,20,21,23). The summed E-state index contributed by atoms with van der Waals surface area (Å²) in [6.45, 7) is 1.62. The van der Waals surface area contributed by atoms with Crippen LogP contribution < -0.4 is 15.4 Å². The van der Waals surface area contributed by atoms with Crippen molar-refractivity contribution >= 4 is 55.9 Å². The van der Waals surface area contributed by atoms with Gasteiger partial charge in [-0.15, -0.1) is 0 Å². The number of benzene rings is 2. The van der Waals surface area contributed by atoms with Gasteiger partial charge in [-0.2, -0.15) is 0 Å². The zero-order valence-electron chi connectivity index (χ0n) is 14.0. The maximum absolute atomic E-state index is 12.9. The zero-order chi connectivity index (χ0) is 18.3. The van der Waals surface area contributed by atoms with Crippen molar-refractivity contribution in [2.75, 3.05) is 17.7 Å². The fourth-order valence-corrected chi connectivity index (χ4v) is 4.61. The highest BCUT2D eigenvalue weighted by Crippen LogP contribution is 2.43. The molecule has 2 heterocycles. The lowest BCUT2D eigenvalue weighted by Gasteiger charge is -2.31. The van der Waals surface area contributed by atoms with Gasteiger partial charge in [-0.25, -0.2) is 4.98 Å². The molecule has 1 unspecified atom stereocenters. The molecule has 0 saturated carbocycles. The smallest absolute Gasteiger partial charge is 0.252 e. The molecule has 1 aliphatic rings. The van der Waals surface area contributed by atoms with E-state index < -0.39 is 10.7 Å². The summed E-state index contributed by atoms with van der Waals surface area (Å²) in [6, 6.07) is 12.9. The summed E-state index contributed by atoms with van der Waals surface area (Å²) in [5.41, 5.74) is 1.49. The lowest BCUT2D eigenvalue weighted by molar-refractivity contribution is -0.126. The molecule has 1 aliphatic heterocycles. The van der Waals surface area contributed by atoms with Crippen LogP contribution in [0.25, 0.3) is 10.2 Å². The third kappa shape index (κ3) is 2.81. The average Bonchev–Trinajstić information content (AvgIpc) is 3.03. The molecule has 2 aromatic carbocycles. The maximum Gasteiger partial charge on any atom is 0.252 e. The number of para-hydroxylation sites is 1. The molecule has 0 aliphatic carbocycles. The van der Waals surface area contributed by atoms with Crippen LogP contribution in [-0.2, 0) is 9.59 Å². The van der Waals surface area contributed by atoms with Crippen molar-refractivity contribution in [2.24, 2.45) is 0 Å². The third-order valence-electron chi connectivity index (χ3n) is 4.13. The van der Waals surface area contributed by atoms with Gasteiger partial charge in [0.2, 0.25) is 5.91 Å². The van der Waals surface area contributed by atoms with E-state index in [1.165, 1.54) is 23.1 Å². The predicted molar refractivity (Wildman–Crippen MR) is 104 cm³/mol. The number of nitrogens with zero attached hydrogens (tertiary/aromatic N) is 1. The number of amides is 2. The number of thioether (sulfide) groups is 1. The van der Waals surface area contributed by atoms with E-state index in [0.29, 0.717) is 5.13 Å². The summed E-state index contributed by atoms with van der Waals surface area (Å²) >= 11 is 2.58. The highest BCUT2D eigenvalue weighted by Gasteiger charge is 2.46. The molecule has 2 amide bonds. The predicted octanol–water partition coefficient (Wildman–Crippen LogP) is 3.75. The quantitative estimate of drug-likeness (QED) is 0.671. The first-order chi connectivity index (χ1) is 12.5. The molecule has 26 heavy (non-hydrogen) atoms. The summed E-state index contributed by atoms with van der Waals surface area (Å²) in [7, 11) is 1.60. The van der Waals surface area contributed by atoms with Crippen LogP contribution in [0.15, 0.2) is 47.4 Å². The molecular weight excluding hydrogens is 370 g/mol. The van der Waals surface area contributed by atoms with Crippen LogP contribution in [0.4, 0.5) is 10.8 Å². The van der Waals surface area contributed by atoms with Gasteiger partial charge in [0.25, 0.3) is 5.91 Å². The topological polar surface area (TPSA) is 80.3 Å². The minimum absolute atomic E-state index is 0.346. The van der Waals surface area contributed by atoms with Crippen molar-refractivity contribution < 1.29 is 14.3 Å². The number of nitrogens with one attached hydrogen (secondary N) is 2. The normalized spacial score (nSPS) is 18.9. The molecule has 3 aromatic rings. The summed E-state index contributed by atoms with van der Waals surface area (Å²) in [6.07, 6.45) is 0. The lowest BCUT2D eigenvalue weighted by Crippen LogP contribution is -2.49. The van der Waals surface area contributed by atoms with Gasteiger partial charge in [0, 0.05) is 4.90 Å². The van der Waals surface area contributed by atoms with Gasteiger partial charge in [0.05, 0.1) is 23.0 Å². The van der Waals surface area contributed by atoms with E-state index in [0.717, 1.165) is 26.5 Å². The molecule has 4 rings (SSSR count). The van der Waals surface area contributed by atoms with Crippen molar-refractivity contribution in [3.05, 3.63) is 42.5 Å². The Morgan fingerprint density at radius 2 is 2.08 bits per heavy atom. The molecule has 0 fully saturated rings. The van der Waals surface area contributed by atoms with Gasteiger partial charge in [-0.3, -0.25) is 9.59 Å². The van der Waals surface area contributed by atoms with E-state index >= 15 is 0 Å². The number of methoxy groups -OCH3 is 1. The average molecular weight is 385 g/mol. The number of ether oxygens (including phenoxy) is 1. The Kier molecular flexibility index (Phi) is 4.08. The van der Waals surface area contributed by atoms with Crippen molar-refractivity contribution in [3.8, 4) is 5.75 Å². The number of anilines is 2. The van der Waals surface area contributed by atoms with Crippen molar-refractivity contribution in [3.63, 3.8) is 0 Å². The first kappa shape index (κ1) is 16.9. The van der Waals surface area contributed by atoms with Crippen LogP contribution in [0.3, 0.4) is 0 Å². The van der Waals surface area contributed by atoms with E-state index in [1.807, 2.05) is 42.5 Å². The van der Waals surface area contributed by atoms with Gasteiger partial charge in [0.15, 0.2) is 9.88 Å². The van der Waals surface area contributed by atoms with Gasteiger partial charge in [-0.1, -0.05) is 35.2 Å². The molecule has 0 bridgehead atoms. The number of hydrogen-bond acceptors (Lipinski definition) is 6. The zero-order valence-corrected chi connectivity index (χ0v) is 15.7.